The second-order valence-electron chi connectivity index (χ2n) is 1.94. The van der Waals surface area contributed by atoms with Gasteiger partial charge in [0, 0.05) is 11.5 Å². The van der Waals surface area contributed by atoms with Gasteiger partial charge in [0.05, 0.1) is 0 Å². The number of hydrogen-bond donors (Lipinski definition) is 2. The fraction of sp³-hybridized carbons (Fsp3) is 1.00. The number of halogens is 1. The van der Waals surface area contributed by atoms with Crippen molar-refractivity contribution in [3.05, 3.63) is 0 Å². The van der Waals surface area contributed by atoms with Crippen LogP contribution < -0.4 is 0 Å². The Labute approximate surface area is 64.6 Å². The molecule has 0 atom stereocenters. The highest BCUT2D eigenvalue weighted by Crippen LogP contribution is 2.11. The predicted molar refractivity (Wildman–Crippen MR) is 38.1 cm³/mol. The van der Waals surface area contributed by atoms with Gasteiger partial charge in [0.1, 0.15) is 0 Å². The first-order valence-electron chi connectivity index (χ1n) is 2.61. The standard InChI is InChI=1S/C4H10NO2S.ClH/c6-5(7)1-3-8-4-2-5;/h6-7H,1-4H2;1H/q+1;. The summed E-state index contributed by atoms with van der Waals surface area (Å²) in [5.41, 5.74) is 0. The number of hydroxylamine groups is 4. The summed E-state index contributed by atoms with van der Waals surface area (Å²) in [4.78, 5) is -0.771. The van der Waals surface area contributed by atoms with Crippen molar-refractivity contribution in [3.63, 3.8) is 0 Å². The molecular formula is C4H11ClNO2S+. The van der Waals surface area contributed by atoms with Crippen LogP contribution in [0.3, 0.4) is 0 Å². The second kappa shape index (κ2) is 3.63. The molecule has 1 fully saturated rings. The van der Waals surface area contributed by atoms with Gasteiger partial charge in [-0.3, -0.25) is 0 Å². The quantitative estimate of drug-likeness (QED) is 0.530. The van der Waals surface area contributed by atoms with Crippen LogP contribution in [-0.2, 0) is 0 Å². The molecule has 3 nitrogen and oxygen atoms in total. The maximum Gasteiger partial charge on any atom is 0.151 e. The van der Waals surface area contributed by atoms with E-state index in [1.54, 1.807) is 11.8 Å². The molecule has 0 bridgehead atoms. The lowest BCUT2D eigenvalue weighted by Gasteiger charge is -2.24. The van der Waals surface area contributed by atoms with Gasteiger partial charge in [-0.05, 0) is 4.81 Å². The molecule has 0 spiro atoms. The van der Waals surface area contributed by atoms with Gasteiger partial charge in [-0.2, -0.15) is 10.4 Å². The van der Waals surface area contributed by atoms with Gasteiger partial charge in [0.2, 0.25) is 0 Å². The van der Waals surface area contributed by atoms with Gasteiger partial charge in [-0.15, -0.1) is 24.2 Å². The molecule has 9 heavy (non-hydrogen) atoms. The Morgan fingerprint density at radius 2 is 1.56 bits per heavy atom. The lowest BCUT2D eigenvalue weighted by Crippen LogP contribution is -2.47. The summed E-state index contributed by atoms with van der Waals surface area (Å²) in [6, 6.07) is 0. The monoisotopic (exact) mass is 172 g/mol. The van der Waals surface area contributed by atoms with Crippen molar-refractivity contribution < 1.29 is 15.2 Å². The number of thioether (sulfide) groups is 1. The lowest BCUT2D eigenvalue weighted by molar-refractivity contribution is -1.24. The molecule has 1 aliphatic heterocycles. The van der Waals surface area contributed by atoms with Crippen LogP contribution in [0.25, 0.3) is 0 Å². The molecule has 0 aromatic rings. The van der Waals surface area contributed by atoms with Crippen LogP contribution in [0.2, 0.25) is 0 Å². The molecule has 1 heterocycles. The molecule has 0 amide bonds. The molecule has 0 aromatic heterocycles. The van der Waals surface area contributed by atoms with E-state index in [0.717, 1.165) is 11.5 Å². The van der Waals surface area contributed by atoms with Gasteiger partial charge in [0.15, 0.2) is 13.1 Å². The summed E-state index contributed by atoms with van der Waals surface area (Å²) >= 11 is 1.76. The molecule has 1 rings (SSSR count). The van der Waals surface area contributed by atoms with E-state index in [-0.39, 0.29) is 12.4 Å². The highest BCUT2D eigenvalue weighted by molar-refractivity contribution is 7.99. The summed E-state index contributed by atoms with van der Waals surface area (Å²) in [6.07, 6.45) is 0. The number of hydrogen-bond acceptors (Lipinski definition) is 3. The Bertz CT molecular complexity index is 82.6. The van der Waals surface area contributed by atoms with E-state index >= 15 is 0 Å². The zero-order valence-electron chi connectivity index (χ0n) is 4.99. The minimum Gasteiger partial charge on any atom is -0.182 e. The molecule has 0 unspecified atom stereocenters. The van der Waals surface area contributed by atoms with Gasteiger partial charge in [0.25, 0.3) is 0 Å². The van der Waals surface area contributed by atoms with Crippen LogP contribution in [-0.4, -0.2) is 39.8 Å². The molecule has 0 saturated carbocycles. The Hall–Kier alpha value is 0.520. The summed E-state index contributed by atoms with van der Waals surface area (Å²) < 4.78 is 0. The first-order chi connectivity index (χ1) is 3.71. The smallest absolute Gasteiger partial charge is 0.151 e. The third-order valence-electron chi connectivity index (χ3n) is 1.19. The van der Waals surface area contributed by atoms with Crippen LogP contribution >= 0.6 is 24.2 Å². The topological polar surface area (TPSA) is 40.5 Å². The Morgan fingerprint density at radius 1 is 1.11 bits per heavy atom. The van der Waals surface area contributed by atoms with E-state index in [2.05, 4.69) is 0 Å². The fourth-order valence-electron chi connectivity index (χ4n) is 0.635. The third kappa shape index (κ3) is 3.27. The number of rotatable bonds is 0. The molecule has 1 saturated heterocycles. The average Bonchev–Trinajstić information content (AvgIpc) is 1.65. The molecular weight excluding hydrogens is 162 g/mol. The highest BCUT2D eigenvalue weighted by Gasteiger charge is 2.25. The summed E-state index contributed by atoms with van der Waals surface area (Å²) in [5, 5.41) is 17.7. The van der Waals surface area contributed by atoms with Crippen LogP contribution in [0.4, 0.5) is 0 Å². The molecule has 1 aliphatic rings. The van der Waals surface area contributed by atoms with Gasteiger partial charge in [-0.25, -0.2) is 0 Å². The van der Waals surface area contributed by atoms with Gasteiger partial charge in [-0.1, -0.05) is 0 Å². The fourth-order valence-corrected chi connectivity index (χ4v) is 1.68. The first-order valence-corrected chi connectivity index (χ1v) is 3.76. The number of nitrogens with zero attached hydrogens (tertiary/aromatic N) is 1. The maximum atomic E-state index is 8.85. The number of quaternary nitrogens is 1. The van der Waals surface area contributed by atoms with Crippen molar-refractivity contribution in [2.24, 2.45) is 0 Å². The minimum absolute atomic E-state index is 0. The SMILES string of the molecule is Cl.O[N+]1(O)CCSCC1. The average molecular weight is 173 g/mol. The zero-order valence-corrected chi connectivity index (χ0v) is 6.62. The Balaban J connectivity index is 0.000000640. The third-order valence-corrected chi connectivity index (χ3v) is 2.13. The first kappa shape index (κ1) is 9.52. The van der Waals surface area contributed by atoms with E-state index in [9.17, 15) is 0 Å². The zero-order chi connectivity index (χ0) is 6.04. The van der Waals surface area contributed by atoms with E-state index < -0.39 is 4.81 Å². The summed E-state index contributed by atoms with van der Waals surface area (Å²) in [5.74, 6) is 1.71. The highest BCUT2D eigenvalue weighted by atomic mass is 35.5. The largest absolute Gasteiger partial charge is 0.182 e. The molecule has 0 aromatic carbocycles. The summed E-state index contributed by atoms with van der Waals surface area (Å²) in [6.45, 7) is 0.926. The minimum atomic E-state index is -0.771. The molecule has 56 valence electrons. The van der Waals surface area contributed by atoms with Gasteiger partial charge >= 0.3 is 0 Å². The Kier molecular flexibility index (Phi) is 3.84. The van der Waals surface area contributed by atoms with Gasteiger partial charge < -0.3 is 0 Å². The van der Waals surface area contributed by atoms with Crippen LogP contribution in [0.15, 0.2) is 0 Å². The normalized spacial score (nSPS) is 24.7. The van der Waals surface area contributed by atoms with Crippen molar-refractivity contribution in [2.75, 3.05) is 24.6 Å². The summed E-state index contributed by atoms with van der Waals surface area (Å²) in [7, 11) is 0. The maximum absolute atomic E-state index is 8.85. The van der Waals surface area contributed by atoms with Crippen molar-refractivity contribution >= 4 is 24.2 Å². The van der Waals surface area contributed by atoms with Crippen molar-refractivity contribution in [1.29, 1.82) is 0 Å². The molecule has 5 heteroatoms. The second-order valence-corrected chi connectivity index (χ2v) is 3.16. The molecule has 2 N–H and O–H groups in total. The van der Waals surface area contributed by atoms with Crippen LogP contribution in [0.5, 0.6) is 0 Å². The van der Waals surface area contributed by atoms with E-state index in [4.69, 9.17) is 10.4 Å². The van der Waals surface area contributed by atoms with E-state index in [1.165, 1.54) is 0 Å². The predicted octanol–water partition coefficient (Wildman–Crippen LogP) is 0.750. The van der Waals surface area contributed by atoms with Crippen molar-refractivity contribution in [1.82, 2.24) is 0 Å². The van der Waals surface area contributed by atoms with E-state index in [0.29, 0.717) is 13.1 Å². The molecule has 0 radical (unpaired) electrons. The van der Waals surface area contributed by atoms with Crippen molar-refractivity contribution in [2.45, 2.75) is 0 Å². The van der Waals surface area contributed by atoms with Crippen LogP contribution in [0.1, 0.15) is 0 Å². The van der Waals surface area contributed by atoms with Crippen molar-refractivity contribution in [3.8, 4) is 0 Å². The molecule has 0 aliphatic carbocycles. The van der Waals surface area contributed by atoms with Crippen LogP contribution in [0, 0.1) is 0 Å². The van der Waals surface area contributed by atoms with E-state index in [1.807, 2.05) is 0 Å². The Morgan fingerprint density at radius 3 is 1.78 bits per heavy atom. The lowest BCUT2D eigenvalue weighted by atomic mass is 10.6.